The molecule has 0 spiro atoms. The summed E-state index contributed by atoms with van der Waals surface area (Å²) in [5, 5.41) is 10.5. The summed E-state index contributed by atoms with van der Waals surface area (Å²) >= 11 is 0. The van der Waals surface area contributed by atoms with Crippen molar-refractivity contribution >= 4 is 33.7 Å². The maximum Gasteiger partial charge on any atom is 0.519 e. The summed E-state index contributed by atoms with van der Waals surface area (Å²) in [5.41, 5.74) is 2.43. The fourth-order valence-corrected chi connectivity index (χ4v) is 4.21. The van der Waals surface area contributed by atoms with Gasteiger partial charge in [0.15, 0.2) is 0 Å². The molecule has 25 heavy (non-hydrogen) atoms. The minimum atomic E-state index is -3.16. The topological polar surface area (TPSA) is 95.5 Å². The number of fused-ring (bicyclic) bond motifs is 1. The molecule has 0 saturated carbocycles. The van der Waals surface area contributed by atoms with E-state index in [0.29, 0.717) is 31.7 Å². The number of aromatic amines is 1. The zero-order chi connectivity index (χ0) is 18.2. The van der Waals surface area contributed by atoms with Gasteiger partial charge in [0, 0.05) is 30.2 Å². The fourth-order valence-electron chi connectivity index (χ4n) is 3.33. The van der Waals surface area contributed by atoms with Gasteiger partial charge in [-0.3, -0.25) is 0 Å². The van der Waals surface area contributed by atoms with Crippen molar-refractivity contribution in [2.75, 3.05) is 19.3 Å². The lowest BCUT2D eigenvalue weighted by Gasteiger charge is -2.32. The average Bonchev–Trinajstić information content (AvgIpc) is 3.01. The first-order valence-electron chi connectivity index (χ1n) is 8.22. The molecule has 2 aromatic heterocycles. The van der Waals surface area contributed by atoms with Crippen LogP contribution in [-0.2, 0) is 10.0 Å². The van der Waals surface area contributed by atoms with Crippen LogP contribution in [0.5, 0.6) is 5.75 Å². The van der Waals surface area contributed by atoms with Gasteiger partial charge >= 0.3 is 7.12 Å². The van der Waals surface area contributed by atoms with Crippen LogP contribution in [0.4, 0.5) is 0 Å². The van der Waals surface area contributed by atoms with Gasteiger partial charge in [-0.15, -0.1) is 0 Å². The lowest BCUT2D eigenvalue weighted by molar-refractivity contribution is 0.313. The highest BCUT2D eigenvalue weighted by molar-refractivity contribution is 7.88. The monoisotopic (exact) mass is 363 g/mol. The van der Waals surface area contributed by atoms with Crippen LogP contribution in [0.3, 0.4) is 0 Å². The van der Waals surface area contributed by atoms with Crippen LogP contribution in [0.2, 0.25) is 6.82 Å². The second-order valence-electron chi connectivity index (χ2n) is 6.42. The molecule has 0 aliphatic carbocycles. The smallest absolute Gasteiger partial charge is 0.519 e. The van der Waals surface area contributed by atoms with Gasteiger partial charge in [-0.05, 0) is 37.2 Å². The number of H-pyrrole nitrogens is 1. The number of pyridine rings is 1. The second kappa shape index (κ2) is 6.82. The van der Waals surface area contributed by atoms with Gasteiger partial charge < -0.3 is 14.7 Å². The molecule has 134 valence electrons. The number of hydrogen-bond donors (Lipinski definition) is 2. The summed E-state index contributed by atoms with van der Waals surface area (Å²) < 4.78 is 30.4. The predicted octanol–water partition coefficient (Wildman–Crippen LogP) is 1.74. The Bertz CT molecular complexity index is 886. The lowest BCUT2D eigenvalue weighted by atomic mass is 9.85. The maximum atomic E-state index is 11.7. The van der Waals surface area contributed by atoms with Crippen molar-refractivity contribution in [3.05, 3.63) is 30.6 Å². The number of sulfonamides is 1. The molecular formula is C16H22BN3O4S. The van der Waals surface area contributed by atoms with Crippen molar-refractivity contribution in [2.24, 2.45) is 5.92 Å². The summed E-state index contributed by atoms with van der Waals surface area (Å²) in [5.74, 6) is 0.632. The molecule has 0 aromatic carbocycles. The van der Waals surface area contributed by atoms with Crippen LogP contribution in [0.1, 0.15) is 18.4 Å². The number of piperidine rings is 1. The Kier molecular flexibility index (Phi) is 4.90. The third-order valence-corrected chi connectivity index (χ3v) is 5.89. The van der Waals surface area contributed by atoms with Gasteiger partial charge in [-0.1, -0.05) is 6.58 Å². The zero-order valence-electron chi connectivity index (χ0n) is 14.4. The highest BCUT2D eigenvalue weighted by Crippen LogP contribution is 2.39. The van der Waals surface area contributed by atoms with Crippen molar-refractivity contribution in [1.29, 1.82) is 0 Å². The highest BCUT2D eigenvalue weighted by Gasteiger charge is 2.29. The van der Waals surface area contributed by atoms with Gasteiger partial charge in [0.25, 0.3) is 0 Å². The van der Waals surface area contributed by atoms with Gasteiger partial charge in [-0.25, -0.2) is 17.7 Å². The Balaban J connectivity index is 1.90. The van der Waals surface area contributed by atoms with Crippen LogP contribution >= 0.6 is 0 Å². The van der Waals surface area contributed by atoms with E-state index < -0.39 is 17.1 Å². The van der Waals surface area contributed by atoms with Crippen molar-refractivity contribution in [3.8, 4) is 5.75 Å². The van der Waals surface area contributed by atoms with Crippen LogP contribution in [0, 0.1) is 5.92 Å². The van der Waals surface area contributed by atoms with Gasteiger partial charge in [-0.2, -0.15) is 0 Å². The lowest BCUT2D eigenvalue weighted by Crippen LogP contribution is -2.37. The molecule has 1 aliphatic heterocycles. The first kappa shape index (κ1) is 18.0. The fraction of sp³-hybridized carbons (Fsp3) is 0.438. The summed E-state index contributed by atoms with van der Waals surface area (Å²) in [4.78, 5) is 7.37. The molecule has 1 fully saturated rings. The van der Waals surface area contributed by atoms with Gasteiger partial charge in [0.1, 0.15) is 11.4 Å². The Morgan fingerprint density at radius 2 is 2.16 bits per heavy atom. The SMILES string of the molecule is C=C(c1c(OB(C)O)cnc2[nH]ccc12)C1CCN(S(C)(=O)=O)CC1. The Hall–Kier alpha value is -1.84. The summed E-state index contributed by atoms with van der Waals surface area (Å²) in [7, 11) is -4.12. The Morgan fingerprint density at radius 3 is 2.76 bits per heavy atom. The van der Waals surface area contributed by atoms with E-state index in [-0.39, 0.29) is 5.92 Å². The van der Waals surface area contributed by atoms with Gasteiger partial charge in [0.2, 0.25) is 10.0 Å². The standard InChI is InChI=1S/C16H22BN3O4S/c1-11(12-5-8-20(9-6-12)25(3,22)23)15-13-4-7-18-16(13)19-10-14(15)24-17(2)21/h4,7,10,12,21H,1,5-6,8-9H2,2-3H3,(H,18,19). The van der Waals surface area contributed by atoms with Crippen LogP contribution in [-0.4, -0.2) is 54.2 Å². The third-order valence-electron chi connectivity index (χ3n) is 4.59. The number of rotatable bonds is 5. The molecule has 9 heteroatoms. The van der Waals surface area contributed by atoms with Crippen LogP contribution < -0.4 is 4.65 Å². The van der Waals surface area contributed by atoms with Crippen molar-refractivity contribution in [3.63, 3.8) is 0 Å². The minimum Gasteiger partial charge on any atom is -0.535 e. The zero-order valence-corrected chi connectivity index (χ0v) is 15.2. The van der Waals surface area contributed by atoms with E-state index in [4.69, 9.17) is 4.65 Å². The minimum absolute atomic E-state index is 0.148. The average molecular weight is 363 g/mol. The molecule has 2 N–H and O–H groups in total. The number of nitrogens with one attached hydrogen (secondary N) is 1. The largest absolute Gasteiger partial charge is 0.535 e. The molecule has 0 amide bonds. The summed E-state index contributed by atoms with van der Waals surface area (Å²) in [6.45, 7) is 6.77. The first-order valence-corrected chi connectivity index (χ1v) is 10.1. The highest BCUT2D eigenvalue weighted by atomic mass is 32.2. The van der Waals surface area contributed by atoms with Crippen LogP contribution in [0.25, 0.3) is 16.6 Å². The van der Waals surface area contributed by atoms with Crippen molar-refractivity contribution in [1.82, 2.24) is 14.3 Å². The normalized spacial score (nSPS) is 16.9. The molecule has 7 nitrogen and oxygen atoms in total. The van der Waals surface area contributed by atoms with E-state index in [2.05, 4.69) is 16.5 Å². The van der Waals surface area contributed by atoms with E-state index in [1.165, 1.54) is 10.6 Å². The molecule has 3 heterocycles. The molecule has 1 saturated heterocycles. The number of hydrogen-bond acceptors (Lipinski definition) is 5. The molecule has 1 aliphatic rings. The van der Waals surface area contributed by atoms with E-state index in [9.17, 15) is 13.4 Å². The third kappa shape index (κ3) is 3.73. The number of nitrogens with zero attached hydrogens (tertiary/aromatic N) is 2. The molecule has 0 unspecified atom stereocenters. The Morgan fingerprint density at radius 1 is 1.48 bits per heavy atom. The predicted molar refractivity (Wildman–Crippen MR) is 98.7 cm³/mol. The molecule has 0 radical (unpaired) electrons. The van der Waals surface area contributed by atoms with E-state index in [0.717, 1.165) is 22.2 Å². The summed E-state index contributed by atoms with van der Waals surface area (Å²) in [6.07, 6.45) is 6.02. The molecule has 0 atom stereocenters. The first-order chi connectivity index (χ1) is 11.8. The molecule has 3 rings (SSSR count). The quantitative estimate of drug-likeness (QED) is 0.789. The van der Waals surface area contributed by atoms with Crippen molar-refractivity contribution < 1.29 is 18.1 Å². The molecule has 0 bridgehead atoms. The van der Waals surface area contributed by atoms with E-state index in [1.807, 2.05) is 6.07 Å². The molecular weight excluding hydrogens is 341 g/mol. The second-order valence-corrected chi connectivity index (χ2v) is 8.40. The van der Waals surface area contributed by atoms with Gasteiger partial charge in [0.05, 0.1) is 12.5 Å². The van der Waals surface area contributed by atoms with E-state index >= 15 is 0 Å². The maximum absolute atomic E-state index is 11.7. The molecule has 2 aromatic rings. The number of allylic oxidation sites excluding steroid dienone is 1. The van der Waals surface area contributed by atoms with Crippen molar-refractivity contribution in [2.45, 2.75) is 19.7 Å². The number of aromatic nitrogens is 2. The summed E-state index contributed by atoms with van der Waals surface area (Å²) in [6, 6.07) is 1.91. The van der Waals surface area contributed by atoms with E-state index in [1.54, 1.807) is 19.2 Å². The Labute approximate surface area is 147 Å². The van der Waals surface area contributed by atoms with Crippen LogP contribution in [0.15, 0.2) is 25.0 Å².